The summed E-state index contributed by atoms with van der Waals surface area (Å²) in [5, 5.41) is 0.467. The van der Waals surface area contributed by atoms with E-state index >= 15 is 0 Å². The average Bonchev–Trinajstić information content (AvgIpc) is 2.63. The molecule has 0 aromatic heterocycles. The standard InChI is InChI=1S/C19H26ClNO4S/c1-7-11(2)19(24)26-10-16(22)21(14(5)18(23)25-6)17-12(3)8-9-15(20)13(17)4/h8-9,11,14H,7,10H2,1-6H3. The molecule has 1 aromatic carbocycles. The Balaban J connectivity index is 3.23. The van der Waals surface area contributed by atoms with Crippen molar-refractivity contribution in [1.82, 2.24) is 0 Å². The van der Waals surface area contributed by atoms with E-state index in [-0.39, 0.29) is 22.7 Å². The van der Waals surface area contributed by atoms with Crippen molar-refractivity contribution < 1.29 is 19.1 Å². The van der Waals surface area contributed by atoms with E-state index in [2.05, 4.69) is 0 Å². The molecule has 0 aliphatic rings. The molecule has 0 heterocycles. The van der Waals surface area contributed by atoms with Crippen molar-refractivity contribution in [2.24, 2.45) is 5.92 Å². The van der Waals surface area contributed by atoms with Crippen molar-refractivity contribution in [2.45, 2.75) is 47.1 Å². The van der Waals surface area contributed by atoms with E-state index in [0.717, 1.165) is 23.7 Å². The summed E-state index contributed by atoms with van der Waals surface area (Å²) in [6.45, 7) is 9.01. The van der Waals surface area contributed by atoms with Gasteiger partial charge in [0, 0.05) is 10.9 Å². The highest BCUT2D eigenvalue weighted by atomic mass is 35.5. The lowest BCUT2D eigenvalue weighted by atomic mass is 10.1. The Morgan fingerprint density at radius 3 is 2.38 bits per heavy atom. The number of esters is 1. The molecule has 5 nitrogen and oxygen atoms in total. The number of rotatable bonds is 7. The van der Waals surface area contributed by atoms with Gasteiger partial charge in [0.2, 0.25) is 5.91 Å². The number of thioether (sulfide) groups is 1. The minimum Gasteiger partial charge on any atom is -0.467 e. The van der Waals surface area contributed by atoms with E-state index < -0.39 is 12.0 Å². The second kappa shape index (κ2) is 9.97. The number of hydrogen-bond donors (Lipinski definition) is 0. The number of aryl methyl sites for hydroxylation is 1. The molecule has 1 aromatic rings. The van der Waals surface area contributed by atoms with Gasteiger partial charge in [-0.15, -0.1) is 0 Å². The Morgan fingerprint density at radius 2 is 1.85 bits per heavy atom. The highest BCUT2D eigenvalue weighted by Gasteiger charge is 2.31. The fraction of sp³-hybridized carbons (Fsp3) is 0.526. The number of halogens is 1. The topological polar surface area (TPSA) is 63.7 Å². The van der Waals surface area contributed by atoms with Crippen molar-refractivity contribution >= 4 is 46.0 Å². The maximum absolute atomic E-state index is 12.9. The van der Waals surface area contributed by atoms with Gasteiger partial charge in [-0.05, 0) is 44.4 Å². The number of carbonyl (C=O) groups is 3. The Morgan fingerprint density at radius 1 is 1.23 bits per heavy atom. The van der Waals surface area contributed by atoms with E-state index in [1.807, 2.05) is 20.8 Å². The van der Waals surface area contributed by atoms with Crippen molar-refractivity contribution in [1.29, 1.82) is 0 Å². The predicted molar refractivity (Wildman–Crippen MR) is 107 cm³/mol. The first-order valence-electron chi connectivity index (χ1n) is 8.47. The number of anilines is 1. The molecule has 0 aliphatic heterocycles. The van der Waals surface area contributed by atoms with Crippen LogP contribution in [0.2, 0.25) is 5.02 Å². The Bertz CT molecular complexity index is 692. The van der Waals surface area contributed by atoms with Crippen LogP contribution in [-0.2, 0) is 19.1 Å². The lowest BCUT2D eigenvalue weighted by molar-refractivity contribution is -0.142. The zero-order valence-electron chi connectivity index (χ0n) is 16.1. The molecule has 0 N–H and O–H groups in total. The molecule has 0 spiro atoms. The first-order chi connectivity index (χ1) is 12.1. The molecule has 2 atom stereocenters. The Kier molecular flexibility index (Phi) is 8.63. The minimum absolute atomic E-state index is 0.0361. The van der Waals surface area contributed by atoms with Gasteiger partial charge in [-0.3, -0.25) is 14.5 Å². The van der Waals surface area contributed by atoms with E-state index in [9.17, 15) is 14.4 Å². The SMILES string of the molecule is CCC(C)C(=O)SCC(=O)N(c1c(C)ccc(Cl)c1C)C(C)C(=O)OC. The largest absolute Gasteiger partial charge is 0.467 e. The zero-order valence-corrected chi connectivity index (χ0v) is 17.7. The first-order valence-corrected chi connectivity index (χ1v) is 9.84. The van der Waals surface area contributed by atoms with Gasteiger partial charge in [-0.1, -0.05) is 43.3 Å². The molecule has 1 amide bonds. The third kappa shape index (κ3) is 5.24. The van der Waals surface area contributed by atoms with Crippen molar-refractivity contribution in [3.63, 3.8) is 0 Å². The smallest absolute Gasteiger partial charge is 0.328 e. The van der Waals surface area contributed by atoms with Crippen LogP contribution in [-0.4, -0.2) is 35.9 Å². The van der Waals surface area contributed by atoms with Gasteiger partial charge >= 0.3 is 5.97 Å². The van der Waals surface area contributed by atoms with Gasteiger partial charge in [-0.25, -0.2) is 4.79 Å². The summed E-state index contributed by atoms with van der Waals surface area (Å²) in [4.78, 5) is 38.5. The highest BCUT2D eigenvalue weighted by molar-refractivity contribution is 8.14. The van der Waals surface area contributed by atoms with Crippen molar-refractivity contribution in [2.75, 3.05) is 17.8 Å². The van der Waals surface area contributed by atoms with Crippen LogP contribution in [0.3, 0.4) is 0 Å². The maximum atomic E-state index is 12.9. The fourth-order valence-corrected chi connectivity index (χ4v) is 3.51. The van der Waals surface area contributed by atoms with Crippen LogP contribution in [0.25, 0.3) is 0 Å². The molecule has 1 rings (SSSR count). The summed E-state index contributed by atoms with van der Waals surface area (Å²) in [5.74, 6) is -1.03. The summed E-state index contributed by atoms with van der Waals surface area (Å²) >= 11 is 7.20. The number of carbonyl (C=O) groups excluding carboxylic acids is 3. The molecule has 0 bridgehead atoms. The summed E-state index contributed by atoms with van der Waals surface area (Å²) in [6, 6.07) is 2.72. The van der Waals surface area contributed by atoms with Crippen molar-refractivity contribution in [3.8, 4) is 0 Å². The number of amides is 1. The van der Waals surface area contributed by atoms with Crippen molar-refractivity contribution in [3.05, 3.63) is 28.3 Å². The van der Waals surface area contributed by atoms with Gasteiger partial charge in [0.15, 0.2) is 5.12 Å². The predicted octanol–water partition coefficient (Wildman–Crippen LogP) is 4.16. The Hall–Kier alpha value is -1.53. The summed E-state index contributed by atoms with van der Waals surface area (Å²) in [6.07, 6.45) is 0.717. The maximum Gasteiger partial charge on any atom is 0.328 e. The fourth-order valence-electron chi connectivity index (χ4n) is 2.50. The van der Waals surface area contributed by atoms with Gasteiger partial charge in [0.05, 0.1) is 18.6 Å². The molecule has 0 aliphatic carbocycles. The van der Waals surface area contributed by atoms with Crippen LogP contribution in [0.4, 0.5) is 5.69 Å². The second-order valence-electron chi connectivity index (χ2n) is 6.22. The van der Waals surface area contributed by atoms with E-state index in [4.69, 9.17) is 16.3 Å². The number of benzene rings is 1. The molecule has 2 unspecified atom stereocenters. The molecule has 0 saturated heterocycles. The van der Waals surface area contributed by atoms with Crippen LogP contribution in [0, 0.1) is 19.8 Å². The third-order valence-electron chi connectivity index (χ3n) is 4.36. The molecule has 7 heteroatoms. The first kappa shape index (κ1) is 22.5. The molecule has 0 radical (unpaired) electrons. The molecule has 144 valence electrons. The van der Waals surface area contributed by atoms with Crippen LogP contribution >= 0.6 is 23.4 Å². The van der Waals surface area contributed by atoms with Gasteiger partial charge in [-0.2, -0.15) is 0 Å². The van der Waals surface area contributed by atoms with E-state index in [0.29, 0.717) is 16.3 Å². The Labute approximate surface area is 164 Å². The molecule has 0 fully saturated rings. The second-order valence-corrected chi connectivity index (χ2v) is 7.60. The highest BCUT2D eigenvalue weighted by Crippen LogP contribution is 2.32. The molecular weight excluding hydrogens is 374 g/mol. The third-order valence-corrected chi connectivity index (χ3v) is 5.85. The van der Waals surface area contributed by atoms with Crippen LogP contribution in [0.1, 0.15) is 38.3 Å². The van der Waals surface area contributed by atoms with Crippen LogP contribution in [0.5, 0.6) is 0 Å². The minimum atomic E-state index is -0.831. The number of hydrogen-bond acceptors (Lipinski definition) is 5. The van der Waals surface area contributed by atoms with E-state index in [1.54, 1.807) is 26.0 Å². The monoisotopic (exact) mass is 399 g/mol. The van der Waals surface area contributed by atoms with Crippen LogP contribution in [0.15, 0.2) is 12.1 Å². The normalized spacial score (nSPS) is 13.0. The lowest BCUT2D eigenvalue weighted by Crippen LogP contribution is -2.46. The summed E-state index contributed by atoms with van der Waals surface area (Å²) in [5.41, 5.74) is 2.10. The lowest BCUT2D eigenvalue weighted by Gasteiger charge is -2.30. The average molecular weight is 400 g/mol. The quantitative estimate of drug-likeness (QED) is 0.644. The zero-order chi connectivity index (χ0) is 20.0. The molecule has 0 saturated carbocycles. The summed E-state index contributed by atoms with van der Waals surface area (Å²) in [7, 11) is 1.28. The van der Waals surface area contributed by atoms with Gasteiger partial charge in [0.1, 0.15) is 6.04 Å². The number of methoxy groups -OCH3 is 1. The van der Waals surface area contributed by atoms with Crippen LogP contribution < -0.4 is 4.90 Å². The molecular formula is C19H26ClNO4S. The molecule has 26 heavy (non-hydrogen) atoms. The number of nitrogens with zero attached hydrogens (tertiary/aromatic N) is 1. The van der Waals surface area contributed by atoms with E-state index in [1.165, 1.54) is 12.0 Å². The number of ether oxygens (including phenoxy) is 1. The summed E-state index contributed by atoms with van der Waals surface area (Å²) < 4.78 is 4.82. The van der Waals surface area contributed by atoms with Gasteiger partial charge < -0.3 is 4.74 Å². The van der Waals surface area contributed by atoms with Gasteiger partial charge in [0.25, 0.3) is 0 Å².